The quantitative estimate of drug-likeness (QED) is 0.591. The number of piperidine rings is 1. The van der Waals surface area contributed by atoms with Crippen molar-refractivity contribution in [3.63, 3.8) is 0 Å². The molecule has 82 valence electrons. The van der Waals surface area contributed by atoms with Crippen LogP contribution in [0.1, 0.15) is 25.7 Å². The zero-order valence-corrected chi connectivity index (χ0v) is 8.70. The van der Waals surface area contributed by atoms with Crippen molar-refractivity contribution in [2.45, 2.75) is 37.3 Å². The van der Waals surface area contributed by atoms with Crippen LogP contribution in [0.25, 0.3) is 0 Å². The standard InChI is InChI=1S/C10H16N4O/c11-8-10(13-9(15)12-8)4-6-14-5-2-1-3-7(10)14/h7H,1-6H2,(H3,11,12,13,15). The summed E-state index contributed by atoms with van der Waals surface area (Å²) in [4.78, 5) is 17.6. The predicted octanol–water partition coefficient (Wildman–Crippen LogP) is 0.0638. The first-order valence-corrected chi connectivity index (χ1v) is 5.63. The molecule has 5 heteroatoms. The van der Waals surface area contributed by atoms with Crippen molar-refractivity contribution in [1.29, 1.82) is 0 Å². The van der Waals surface area contributed by atoms with Crippen LogP contribution in [0.3, 0.4) is 0 Å². The van der Waals surface area contributed by atoms with Gasteiger partial charge in [0, 0.05) is 12.6 Å². The van der Waals surface area contributed by atoms with Gasteiger partial charge in [-0.05, 0) is 25.8 Å². The van der Waals surface area contributed by atoms with Crippen molar-refractivity contribution in [2.24, 2.45) is 10.7 Å². The molecule has 0 radical (unpaired) electrons. The van der Waals surface area contributed by atoms with Gasteiger partial charge in [0.05, 0.1) is 0 Å². The van der Waals surface area contributed by atoms with Gasteiger partial charge in [-0.15, -0.1) is 0 Å². The fraction of sp³-hybridized carbons (Fsp3) is 0.800. The Morgan fingerprint density at radius 3 is 3.07 bits per heavy atom. The summed E-state index contributed by atoms with van der Waals surface area (Å²) in [7, 11) is 0. The summed E-state index contributed by atoms with van der Waals surface area (Å²) in [6, 6.07) is 0.112. The molecule has 0 aromatic carbocycles. The largest absolute Gasteiger partial charge is 0.385 e. The maximum Gasteiger partial charge on any atom is 0.343 e. The summed E-state index contributed by atoms with van der Waals surface area (Å²) in [6.45, 7) is 2.16. The fourth-order valence-corrected chi connectivity index (χ4v) is 3.24. The Kier molecular flexibility index (Phi) is 1.80. The van der Waals surface area contributed by atoms with Gasteiger partial charge in [0.2, 0.25) is 0 Å². The van der Waals surface area contributed by atoms with E-state index in [-0.39, 0.29) is 11.6 Å². The van der Waals surface area contributed by atoms with Gasteiger partial charge in [-0.1, -0.05) is 6.42 Å². The zero-order chi connectivity index (χ0) is 10.5. The SMILES string of the molecule is NC1=NC(=O)NC12CCN1CCCCC12. The average molecular weight is 208 g/mol. The number of amidine groups is 1. The van der Waals surface area contributed by atoms with E-state index in [4.69, 9.17) is 5.73 Å². The van der Waals surface area contributed by atoms with Crippen LogP contribution in [0.4, 0.5) is 4.79 Å². The molecule has 0 saturated carbocycles. The van der Waals surface area contributed by atoms with E-state index >= 15 is 0 Å². The van der Waals surface area contributed by atoms with Gasteiger partial charge in [-0.2, -0.15) is 4.99 Å². The molecule has 3 aliphatic rings. The van der Waals surface area contributed by atoms with E-state index in [2.05, 4.69) is 15.2 Å². The highest BCUT2D eigenvalue weighted by Gasteiger charge is 2.54. The van der Waals surface area contributed by atoms with Crippen molar-refractivity contribution in [3.05, 3.63) is 0 Å². The van der Waals surface area contributed by atoms with Crippen LogP contribution in [0.5, 0.6) is 0 Å². The van der Waals surface area contributed by atoms with Gasteiger partial charge in [0.15, 0.2) is 0 Å². The van der Waals surface area contributed by atoms with E-state index in [9.17, 15) is 4.79 Å². The Bertz CT molecular complexity index is 340. The van der Waals surface area contributed by atoms with Gasteiger partial charge in [-0.3, -0.25) is 4.90 Å². The van der Waals surface area contributed by atoms with Gasteiger partial charge in [0.1, 0.15) is 11.4 Å². The Hall–Kier alpha value is -1.10. The molecular weight excluding hydrogens is 192 g/mol. The number of amides is 2. The van der Waals surface area contributed by atoms with Crippen molar-refractivity contribution in [3.8, 4) is 0 Å². The van der Waals surface area contributed by atoms with Crippen molar-refractivity contribution in [1.82, 2.24) is 10.2 Å². The molecule has 2 atom stereocenters. The fourth-order valence-electron chi connectivity index (χ4n) is 3.24. The number of urea groups is 1. The summed E-state index contributed by atoms with van der Waals surface area (Å²) in [6.07, 6.45) is 4.53. The number of nitrogens with zero attached hydrogens (tertiary/aromatic N) is 2. The van der Waals surface area contributed by atoms with Crippen LogP contribution >= 0.6 is 0 Å². The van der Waals surface area contributed by atoms with E-state index in [1.165, 1.54) is 12.8 Å². The van der Waals surface area contributed by atoms with Crippen molar-refractivity contribution < 1.29 is 4.79 Å². The van der Waals surface area contributed by atoms with E-state index in [1.807, 2.05) is 0 Å². The average Bonchev–Trinajstić information content (AvgIpc) is 2.72. The normalized spacial score (nSPS) is 40.4. The number of nitrogens with two attached hydrogens (primary N) is 1. The number of rotatable bonds is 0. The van der Waals surface area contributed by atoms with E-state index < -0.39 is 0 Å². The molecule has 2 amide bonds. The Labute approximate surface area is 88.7 Å². The second-order valence-corrected chi connectivity index (χ2v) is 4.70. The minimum Gasteiger partial charge on any atom is -0.385 e. The van der Waals surface area contributed by atoms with Crippen molar-refractivity contribution in [2.75, 3.05) is 13.1 Å². The topological polar surface area (TPSA) is 70.7 Å². The molecule has 2 fully saturated rings. The smallest absolute Gasteiger partial charge is 0.343 e. The predicted molar refractivity (Wildman–Crippen MR) is 56.7 cm³/mol. The minimum absolute atomic E-state index is 0.264. The first-order valence-electron chi connectivity index (χ1n) is 5.63. The minimum atomic E-state index is -0.336. The molecule has 2 unspecified atom stereocenters. The number of carbonyl (C=O) groups excluding carboxylic acids is 1. The molecule has 3 heterocycles. The molecule has 0 aromatic rings. The van der Waals surface area contributed by atoms with Crippen LogP contribution < -0.4 is 11.1 Å². The van der Waals surface area contributed by atoms with Gasteiger partial charge >= 0.3 is 6.03 Å². The molecule has 3 rings (SSSR count). The van der Waals surface area contributed by atoms with Crippen LogP contribution in [-0.4, -0.2) is 41.4 Å². The highest BCUT2D eigenvalue weighted by Crippen LogP contribution is 2.37. The first kappa shape index (κ1) is 9.15. The maximum atomic E-state index is 11.3. The lowest BCUT2D eigenvalue weighted by Gasteiger charge is -2.37. The number of hydrogen-bond donors (Lipinski definition) is 2. The van der Waals surface area contributed by atoms with Crippen LogP contribution in [-0.2, 0) is 0 Å². The lowest BCUT2D eigenvalue weighted by Crippen LogP contribution is -2.60. The van der Waals surface area contributed by atoms with Crippen LogP contribution in [0.15, 0.2) is 4.99 Å². The third kappa shape index (κ3) is 1.13. The highest BCUT2D eigenvalue weighted by molar-refractivity contribution is 6.06. The summed E-state index contributed by atoms with van der Waals surface area (Å²) < 4.78 is 0. The van der Waals surface area contributed by atoms with E-state index in [0.717, 1.165) is 25.9 Å². The molecule has 0 aliphatic carbocycles. The Morgan fingerprint density at radius 2 is 2.33 bits per heavy atom. The maximum absolute atomic E-state index is 11.3. The van der Waals surface area contributed by atoms with Gasteiger partial charge in [-0.25, -0.2) is 4.79 Å². The summed E-state index contributed by atoms with van der Waals surface area (Å²) >= 11 is 0. The Balaban J connectivity index is 1.93. The number of nitrogens with one attached hydrogen (secondary N) is 1. The number of carbonyl (C=O) groups is 1. The summed E-state index contributed by atoms with van der Waals surface area (Å²) in [5.74, 6) is 0.502. The number of hydrogen-bond acceptors (Lipinski definition) is 3. The molecule has 0 bridgehead atoms. The number of fused-ring (bicyclic) bond motifs is 2. The first-order chi connectivity index (χ1) is 7.22. The third-order valence-electron chi connectivity index (χ3n) is 3.98. The molecule has 5 nitrogen and oxygen atoms in total. The molecule has 0 aromatic heterocycles. The van der Waals surface area contributed by atoms with Crippen LogP contribution in [0.2, 0.25) is 0 Å². The molecular formula is C10H16N4O. The molecule has 2 saturated heterocycles. The second kappa shape index (κ2) is 2.95. The second-order valence-electron chi connectivity index (χ2n) is 4.70. The van der Waals surface area contributed by atoms with Gasteiger partial charge in [0.25, 0.3) is 0 Å². The lowest BCUT2D eigenvalue weighted by atomic mass is 9.85. The lowest BCUT2D eigenvalue weighted by molar-refractivity contribution is 0.168. The Morgan fingerprint density at radius 1 is 1.47 bits per heavy atom. The molecule has 3 aliphatic heterocycles. The van der Waals surface area contributed by atoms with Crippen LogP contribution in [0, 0.1) is 0 Å². The highest BCUT2D eigenvalue weighted by atomic mass is 16.2. The van der Waals surface area contributed by atoms with Gasteiger partial charge < -0.3 is 11.1 Å². The van der Waals surface area contributed by atoms with E-state index in [1.54, 1.807) is 0 Å². The van der Waals surface area contributed by atoms with Crippen molar-refractivity contribution >= 4 is 11.9 Å². The van der Waals surface area contributed by atoms with E-state index in [0.29, 0.717) is 11.9 Å². The molecule has 3 N–H and O–H groups in total. The number of aliphatic imine (C=N–C) groups is 1. The zero-order valence-electron chi connectivity index (χ0n) is 8.70. The molecule has 1 spiro atoms. The monoisotopic (exact) mass is 208 g/mol. The molecule has 15 heavy (non-hydrogen) atoms. The third-order valence-corrected chi connectivity index (χ3v) is 3.98. The summed E-state index contributed by atoms with van der Waals surface area (Å²) in [5.41, 5.74) is 5.58. The summed E-state index contributed by atoms with van der Waals surface area (Å²) in [5, 5.41) is 2.97.